The number of primary amides is 1. The highest BCUT2D eigenvalue weighted by atomic mass is 16.9. The van der Waals surface area contributed by atoms with Crippen molar-refractivity contribution in [1.82, 2.24) is 5.32 Å². The summed E-state index contributed by atoms with van der Waals surface area (Å²) in [4.78, 5) is 53.1. The van der Waals surface area contributed by atoms with Crippen LogP contribution >= 0.6 is 0 Å². The van der Waals surface area contributed by atoms with E-state index in [-0.39, 0.29) is 49.7 Å². The molecule has 0 fully saturated rings. The molecule has 0 saturated carbocycles. The van der Waals surface area contributed by atoms with E-state index in [0.29, 0.717) is 56.8 Å². The van der Waals surface area contributed by atoms with E-state index < -0.39 is 40.4 Å². The summed E-state index contributed by atoms with van der Waals surface area (Å²) in [6.07, 6.45) is 2.90. The minimum absolute atomic E-state index is 0.0422. The van der Waals surface area contributed by atoms with Crippen LogP contribution in [0, 0.1) is 39.2 Å². The number of benzene rings is 1. The third-order valence-corrected chi connectivity index (χ3v) is 8.98. The van der Waals surface area contributed by atoms with Gasteiger partial charge in [0.2, 0.25) is 11.8 Å². The summed E-state index contributed by atoms with van der Waals surface area (Å²) < 4.78 is 22.6. The van der Waals surface area contributed by atoms with Crippen molar-refractivity contribution in [2.75, 3.05) is 40.6 Å². The number of hydrogen-bond donors (Lipinski definition) is 3. The molecule has 14 heteroatoms. The summed E-state index contributed by atoms with van der Waals surface area (Å²) in [5, 5.41) is 12.4. The second-order valence-electron chi connectivity index (χ2n) is 14.2. The maximum atomic E-state index is 13.5. The van der Waals surface area contributed by atoms with Crippen molar-refractivity contribution in [1.29, 1.82) is 0 Å². The lowest BCUT2D eigenvalue weighted by Crippen LogP contribution is -2.47. The molecule has 0 spiro atoms. The highest BCUT2D eigenvalue weighted by Crippen LogP contribution is 2.32. The molecule has 1 aromatic carbocycles. The molecular formula is C36H62N4O10. The van der Waals surface area contributed by atoms with E-state index in [0.717, 1.165) is 12.0 Å². The Morgan fingerprint density at radius 1 is 0.940 bits per heavy atom. The number of methoxy groups -OCH3 is 2. The minimum Gasteiger partial charge on any atom is -0.493 e. The summed E-state index contributed by atoms with van der Waals surface area (Å²) >= 11 is 0. The molecule has 1 rings (SSSR count). The monoisotopic (exact) mass is 710 g/mol. The zero-order chi connectivity index (χ0) is 37.9. The van der Waals surface area contributed by atoms with Gasteiger partial charge in [0.25, 0.3) is 5.09 Å². The number of nitrogens with two attached hydrogens (primary N) is 2. The van der Waals surface area contributed by atoms with E-state index in [1.54, 1.807) is 28.1 Å². The molecule has 50 heavy (non-hydrogen) atoms. The largest absolute Gasteiger partial charge is 0.493 e. The topological polar surface area (TPSA) is 205 Å². The van der Waals surface area contributed by atoms with Crippen molar-refractivity contribution in [3.8, 4) is 11.5 Å². The smallest absolute Gasteiger partial charge is 0.306 e. The number of nitrogens with zero attached hydrogens (tertiary/aromatic N) is 1. The lowest BCUT2D eigenvalue weighted by atomic mass is 9.80. The van der Waals surface area contributed by atoms with Gasteiger partial charge in [-0.1, -0.05) is 40.2 Å². The molecule has 0 heterocycles. The Hall–Kier alpha value is -3.65. The van der Waals surface area contributed by atoms with E-state index in [1.807, 2.05) is 32.0 Å². The number of unbranched alkanes of at least 4 members (excludes halogenated alkanes) is 2. The van der Waals surface area contributed by atoms with Crippen molar-refractivity contribution in [2.24, 2.45) is 40.6 Å². The predicted molar refractivity (Wildman–Crippen MR) is 190 cm³/mol. The van der Waals surface area contributed by atoms with Crippen LogP contribution in [0.25, 0.3) is 0 Å². The van der Waals surface area contributed by atoms with Gasteiger partial charge in [-0.05, 0) is 81.4 Å². The van der Waals surface area contributed by atoms with Crippen LogP contribution in [-0.4, -0.2) is 75.6 Å². The summed E-state index contributed by atoms with van der Waals surface area (Å²) in [5.41, 5.74) is 12.5. The van der Waals surface area contributed by atoms with Crippen LogP contribution < -0.4 is 26.3 Å². The molecule has 0 radical (unpaired) electrons. The molecule has 5 N–H and O–H groups in total. The van der Waals surface area contributed by atoms with E-state index in [4.69, 9.17) is 30.4 Å². The Morgan fingerprint density at radius 2 is 1.64 bits per heavy atom. The van der Waals surface area contributed by atoms with Gasteiger partial charge in [0, 0.05) is 45.1 Å². The molecule has 0 saturated heterocycles. The first-order valence-corrected chi connectivity index (χ1v) is 17.6. The van der Waals surface area contributed by atoms with Gasteiger partial charge < -0.3 is 40.6 Å². The second kappa shape index (κ2) is 22.9. The third-order valence-electron chi connectivity index (χ3n) is 8.98. The Kier molecular flexibility index (Phi) is 20.4. The zero-order valence-corrected chi connectivity index (χ0v) is 31.4. The maximum absolute atomic E-state index is 13.5. The molecule has 0 aliphatic carbocycles. The Bertz CT molecular complexity index is 1190. The van der Waals surface area contributed by atoms with Crippen LogP contribution in [0.15, 0.2) is 18.2 Å². The molecule has 0 aliphatic rings. The van der Waals surface area contributed by atoms with Gasteiger partial charge >= 0.3 is 5.97 Å². The Morgan fingerprint density at radius 3 is 2.22 bits per heavy atom. The first-order chi connectivity index (χ1) is 23.5. The zero-order valence-electron chi connectivity index (χ0n) is 31.4. The molecular weight excluding hydrogens is 648 g/mol. The number of esters is 1. The highest BCUT2D eigenvalue weighted by Gasteiger charge is 2.34. The van der Waals surface area contributed by atoms with Crippen molar-refractivity contribution in [2.45, 2.75) is 105 Å². The third kappa shape index (κ3) is 16.8. The van der Waals surface area contributed by atoms with Crippen LogP contribution in [0.4, 0.5) is 0 Å². The van der Waals surface area contributed by atoms with E-state index in [2.05, 4.69) is 24.0 Å². The van der Waals surface area contributed by atoms with E-state index in [9.17, 15) is 24.5 Å². The summed E-state index contributed by atoms with van der Waals surface area (Å²) in [5.74, 6) is -0.317. The van der Waals surface area contributed by atoms with Gasteiger partial charge in [-0.3, -0.25) is 14.4 Å². The average Bonchev–Trinajstić information content (AvgIpc) is 3.04. The van der Waals surface area contributed by atoms with Crippen LogP contribution in [0.5, 0.6) is 11.5 Å². The van der Waals surface area contributed by atoms with E-state index in [1.165, 1.54) is 0 Å². The number of carbonyl (C=O) groups excluding carboxylic acids is 3. The van der Waals surface area contributed by atoms with Crippen LogP contribution in [-0.2, 0) is 35.1 Å². The van der Waals surface area contributed by atoms with Crippen LogP contribution in [0.3, 0.4) is 0 Å². The number of nitrogens with one attached hydrogen (secondary N) is 1. The fourth-order valence-corrected chi connectivity index (χ4v) is 5.43. The second-order valence-corrected chi connectivity index (χ2v) is 14.2. The van der Waals surface area contributed by atoms with Crippen LogP contribution in [0.1, 0.15) is 92.1 Å². The number of ether oxygens (including phenoxy) is 4. The lowest BCUT2D eigenvalue weighted by molar-refractivity contribution is -0.757. The maximum Gasteiger partial charge on any atom is 0.306 e. The fraction of sp³-hybridized carbons (Fsp3) is 0.750. The summed E-state index contributed by atoms with van der Waals surface area (Å²) in [6, 6.07) is 5.28. The first kappa shape index (κ1) is 44.4. The molecule has 1 aromatic rings. The normalized spacial score (nSPS) is 14.1. The van der Waals surface area contributed by atoms with Crippen molar-refractivity contribution >= 4 is 17.8 Å². The molecule has 0 aromatic heterocycles. The fourth-order valence-electron chi connectivity index (χ4n) is 5.43. The quantitative estimate of drug-likeness (QED) is 0.0498. The molecule has 0 aliphatic heterocycles. The molecule has 286 valence electrons. The summed E-state index contributed by atoms with van der Waals surface area (Å²) in [6.45, 7) is 12.5. The number of rotatable bonds is 27. The standard InChI is InChI=1S/C36H62N4O10/c1-24(2)27(19-26-14-15-30(47-8)32(20-26)48-17-12-16-46-7)21-29(37)31(50-33(41)13-10-9-11-18-49-40(44)45)22-28(25(3)4)34(42)39-23-36(5,6)35(38)43/h14-15,20,24-25,27-29,31H,9-13,16-19,21-23,37H2,1-8H3,(H2,38,43)(H,39,42). The van der Waals surface area contributed by atoms with E-state index >= 15 is 0 Å². The van der Waals surface area contributed by atoms with Crippen molar-refractivity contribution in [3.05, 3.63) is 33.9 Å². The van der Waals surface area contributed by atoms with Gasteiger partial charge in [-0.15, -0.1) is 10.1 Å². The molecule has 2 amide bonds. The van der Waals surface area contributed by atoms with Crippen molar-refractivity contribution in [3.63, 3.8) is 0 Å². The SMILES string of the molecule is COCCCOc1cc(CC(CC(N)C(CC(C(=O)NCC(C)(C)C(N)=O)C(C)C)OC(=O)CCCCCO[N+](=O)[O-])C(C)C)ccc1OC. The minimum atomic E-state index is -0.940. The van der Waals surface area contributed by atoms with Gasteiger partial charge in [0.05, 0.1) is 25.7 Å². The number of carbonyl (C=O) groups is 3. The van der Waals surface area contributed by atoms with Crippen LogP contribution in [0.2, 0.25) is 0 Å². The van der Waals surface area contributed by atoms with Gasteiger partial charge in [0.15, 0.2) is 11.5 Å². The summed E-state index contributed by atoms with van der Waals surface area (Å²) in [7, 11) is 3.25. The van der Waals surface area contributed by atoms with Gasteiger partial charge in [-0.2, -0.15) is 0 Å². The lowest BCUT2D eigenvalue weighted by Gasteiger charge is -2.33. The molecule has 0 bridgehead atoms. The Balaban J connectivity index is 3.19. The Labute approximate surface area is 297 Å². The van der Waals surface area contributed by atoms with Gasteiger partial charge in [0.1, 0.15) is 6.10 Å². The predicted octanol–water partition coefficient (Wildman–Crippen LogP) is 4.61. The highest BCUT2D eigenvalue weighted by molar-refractivity contribution is 5.83. The molecule has 14 nitrogen and oxygen atoms in total. The van der Waals surface area contributed by atoms with Crippen molar-refractivity contribution < 1.29 is 43.3 Å². The molecule has 4 unspecified atom stereocenters. The first-order valence-electron chi connectivity index (χ1n) is 17.6. The molecule has 4 atom stereocenters. The average molecular weight is 711 g/mol. The van der Waals surface area contributed by atoms with Gasteiger partial charge in [-0.25, -0.2) is 0 Å². The number of amides is 2. The number of hydrogen-bond acceptors (Lipinski definition) is 11.